The van der Waals surface area contributed by atoms with Gasteiger partial charge in [0.15, 0.2) is 0 Å². The van der Waals surface area contributed by atoms with Gasteiger partial charge in [-0.1, -0.05) is 12.8 Å². The smallest absolute Gasteiger partial charge is 0.144 e. The molecule has 1 aliphatic carbocycles. The first-order valence-corrected chi connectivity index (χ1v) is 7.32. The third-order valence-electron chi connectivity index (χ3n) is 3.36. The van der Waals surface area contributed by atoms with Crippen LogP contribution in [0, 0.1) is 11.6 Å². The second-order valence-electron chi connectivity index (χ2n) is 4.61. The van der Waals surface area contributed by atoms with Crippen LogP contribution in [-0.4, -0.2) is 11.4 Å². The van der Waals surface area contributed by atoms with Crippen LogP contribution in [-0.2, 0) is 6.54 Å². The molecule has 0 aromatic heterocycles. The van der Waals surface area contributed by atoms with E-state index in [1.807, 2.05) is 0 Å². The Hall–Kier alpha value is -0.190. The summed E-state index contributed by atoms with van der Waals surface area (Å²) in [7, 11) is 0. The van der Waals surface area contributed by atoms with E-state index in [0.717, 1.165) is 25.7 Å². The topological polar surface area (TPSA) is 12.0 Å². The summed E-state index contributed by atoms with van der Waals surface area (Å²) in [6.45, 7) is 0.172. The van der Waals surface area contributed by atoms with Crippen LogP contribution in [0.3, 0.4) is 0 Å². The molecule has 0 saturated heterocycles. The Labute approximate surface area is 119 Å². The first-order valence-electron chi connectivity index (χ1n) is 6.09. The van der Waals surface area contributed by atoms with Crippen molar-refractivity contribution in [2.75, 3.05) is 0 Å². The summed E-state index contributed by atoms with van der Waals surface area (Å²) in [4.78, 5) is 0. The van der Waals surface area contributed by atoms with Crippen molar-refractivity contribution in [1.82, 2.24) is 5.32 Å². The van der Waals surface area contributed by atoms with Gasteiger partial charge >= 0.3 is 0 Å². The van der Waals surface area contributed by atoms with Crippen molar-refractivity contribution in [3.63, 3.8) is 0 Å². The molecule has 18 heavy (non-hydrogen) atoms. The summed E-state index contributed by atoms with van der Waals surface area (Å²) < 4.78 is 27.6. The summed E-state index contributed by atoms with van der Waals surface area (Å²) in [5, 5.41) is 3.22. The molecular weight excluding hydrogens is 324 g/mol. The summed E-state index contributed by atoms with van der Waals surface area (Å²) in [6.07, 6.45) is 4.17. The molecular formula is C13H15BrClF2N. The van der Waals surface area contributed by atoms with Gasteiger partial charge < -0.3 is 5.32 Å². The van der Waals surface area contributed by atoms with Crippen molar-refractivity contribution in [3.05, 3.63) is 33.8 Å². The van der Waals surface area contributed by atoms with Crippen molar-refractivity contribution in [2.24, 2.45) is 0 Å². The van der Waals surface area contributed by atoms with E-state index < -0.39 is 11.6 Å². The van der Waals surface area contributed by atoms with E-state index in [0.29, 0.717) is 0 Å². The fourth-order valence-electron chi connectivity index (χ4n) is 2.28. The molecule has 1 fully saturated rings. The quantitative estimate of drug-likeness (QED) is 0.637. The van der Waals surface area contributed by atoms with E-state index in [2.05, 4.69) is 21.2 Å². The third kappa shape index (κ3) is 3.22. The van der Waals surface area contributed by atoms with Crippen LogP contribution in [0.1, 0.15) is 31.2 Å². The summed E-state index contributed by atoms with van der Waals surface area (Å²) in [5.74, 6) is -1.06. The maximum atomic E-state index is 13.8. The van der Waals surface area contributed by atoms with Gasteiger partial charge in [-0.2, -0.15) is 0 Å². The van der Waals surface area contributed by atoms with Crippen LogP contribution in [0.4, 0.5) is 8.78 Å². The first kappa shape index (κ1) is 14.2. The maximum absolute atomic E-state index is 13.8. The van der Waals surface area contributed by atoms with Crippen LogP contribution in [0.5, 0.6) is 0 Å². The molecule has 5 heteroatoms. The lowest BCUT2D eigenvalue weighted by Gasteiger charge is -2.28. The Morgan fingerprint density at radius 2 is 2.00 bits per heavy atom. The van der Waals surface area contributed by atoms with Crippen LogP contribution in [0.2, 0.25) is 0 Å². The molecule has 0 heterocycles. The van der Waals surface area contributed by atoms with Gasteiger partial charge in [-0.05, 0) is 40.9 Å². The highest BCUT2D eigenvalue weighted by Crippen LogP contribution is 2.25. The zero-order chi connectivity index (χ0) is 13.1. The van der Waals surface area contributed by atoms with E-state index in [9.17, 15) is 8.78 Å². The molecule has 1 aromatic carbocycles. The molecule has 1 saturated carbocycles. The number of hydrogen-bond donors (Lipinski definition) is 1. The van der Waals surface area contributed by atoms with Crippen molar-refractivity contribution >= 4 is 27.5 Å². The number of halogens is 4. The minimum absolute atomic E-state index is 0.0528. The molecule has 1 aliphatic rings. The van der Waals surface area contributed by atoms with E-state index in [1.165, 1.54) is 12.1 Å². The van der Waals surface area contributed by atoms with Crippen molar-refractivity contribution in [2.45, 2.75) is 43.6 Å². The Morgan fingerprint density at radius 3 is 2.72 bits per heavy atom. The SMILES string of the molecule is Fc1ccc(Br)c(F)c1CNC1CCCCC1Cl. The molecule has 100 valence electrons. The molecule has 0 spiro atoms. The average molecular weight is 339 g/mol. The lowest BCUT2D eigenvalue weighted by Crippen LogP contribution is -2.39. The van der Waals surface area contributed by atoms with Crippen molar-refractivity contribution < 1.29 is 8.78 Å². The summed E-state index contributed by atoms with van der Waals surface area (Å²) in [6, 6.07) is 2.78. The molecule has 0 bridgehead atoms. The second kappa shape index (κ2) is 6.31. The van der Waals surface area contributed by atoms with Gasteiger partial charge in [0, 0.05) is 23.5 Å². The number of alkyl halides is 1. The standard InChI is InChI=1S/C13H15BrClF2N/c14-9-5-6-11(16)8(13(9)17)7-18-12-4-2-1-3-10(12)15/h5-6,10,12,18H,1-4,7H2. The van der Waals surface area contributed by atoms with Crippen LogP contribution < -0.4 is 5.32 Å². The lowest BCUT2D eigenvalue weighted by molar-refractivity contribution is 0.372. The van der Waals surface area contributed by atoms with Gasteiger partial charge in [-0.25, -0.2) is 8.78 Å². The molecule has 0 radical (unpaired) electrons. The summed E-state index contributed by atoms with van der Waals surface area (Å²) >= 11 is 9.26. The van der Waals surface area contributed by atoms with Gasteiger partial charge in [0.25, 0.3) is 0 Å². The van der Waals surface area contributed by atoms with Gasteiger partial charge in [0.2, 0.25) is 0 Å². The Bertz CT molecular complexity index is 428. The number of rotatable bonds is 3. The van der Waals surface area contributed by atoms with Crippen molar-refractivity contribution in [3.8, 4) is 0 Å². The number of benzene rings is 1. The normalized spacial score (nSPS) is 24.2. The average Bonchev–Trinajstić information content (AvgIpc) is 2.36. The van der Waals surface area contributed by atoms with E-state index in [1.54, 1.807) is 0 Å². The van der Waals surface area contributed by atoms with Gasteiger partial charge in [-0.15, -0.1) is 11.6 Å². The molecule has 2 atom stereocenters. The van der Waals surface area contributed by atoms with Gasteiger partial charge in [0.05, 0.1) is 4.47 Å². The zero-order valence-corrected chi connectivity index (χ0v) is 12.2. The predicted octanol–water partition coefficient (Wildman–Crippen LogP) is 4.37. The third-order valence-corrected chi connectivity index (χ3v) is 4.50. The fourth-order valence-corrected chi connectivity index (χ4v) is 3.02. The van der Waals surface area contributed by atoms with E-state index in [-0.39, 0.29) is 28.0 Å². The lowest BCUT2D eigenvalue weighted by atomic mass is 9.95. The van der Waals surface area contributed by atoms with Gasteiger partial charge in [0.1, 0.15) is 11.6 Å². The highest BCUT2D eigenvalue weighted by molar-refractivity contribution is 9.10. The molecule has 0 amide bonds. The molecule has 0 aliphatic heterocycles. The Balaban J connectivity index is 2.03. The van der Waals surface area contributed by atoms with Gasteiger partial charge in [-0.3, -0.25) is 0 Å². The largest absolute Gasteiger partial charge is 0.308 e. The molecule has 2 rings (SSSR count). The number of nitrogens with one attached hydrogen (secondary N) is 1. The zero-order valence-electron chi connectivity index (χ0n) is 9.86. The Morgan fingerprint density at radius 1 is 1.28 bits per heavy atom. The maximum Gasteiger partial charge on any atom is 0.144 e. The highest BCUT2D eigenvalue weighted by atomic mass is 79.9. The van der Waals surface area contributed by atoms with Crippen molar-refractivity contribution in [1.29, 1.82) is 0 Å². The van der Waals surface area contributed by atoms with E-state index >= 15 is 0 Å². The van der Waals surface area contributed by atoms with Crippen LogP contribution in [0.25, 0.3) is 0 Å². The predicted molar refractivity (Wildman–Crippen MR) is 72.8 cm³/mol. The monoisotopic (exact) mass is 337 g/mol. The molecule has 2 unspecified atom stereocenters. The summed E-state index contributed by atoms with van der Waals surface area (Å²) in [5.41, 5.74) is 0.0683. The second-order valence-corrected chi connectivity index (χ2v) is 6.02. The van der Waals surface area contributed by atoms with Crippen LogP contribution >= 0.6 is 27.5 Å². The minimum atomic E-state index is -0.538. The highest BCUT2D eigenvalue weighted by Gasteiger charge is 2.23. The van der Waals surface area contributed by atoms with Crippen LogP contribution in [0.15, 0.2) is 16.6 Å². The fraction of sp³-hybridized carbons (Fsp3) is 0.538. The molecule has 1 N–H and O–H groups in total. The number of hydrogen-bond acceptors (Lipinski definition) is 1. The molecule has 1 aromatic rings. The minimum Gasteiger partial charge on any atom is -0.308 e. The Kier molecular flexibility index (Phi) is 4.98. The molecule has 1 nitrogen and oxygen atoms in total. The van der Waals surface area contributed by atoms with E-state index in [4.69, 9.17) is 11.6 Å². The first-order chi connectivity index (χ1) is 8.59.